The van der Waals surface area contributed by atoms with E-state index in [9.17, 15) is 18.0 Å². The molecule has 2 fully saturated rings. The van der Waals surface area contributed by atoms with Crippen molar-refractivity contribution in [2.75, 3.05) is 11.9 Å². The molecule has 0 radical (unpaired) electrons. The molecule has 1 saturated carbocycles. The number of nitrogens with zero attached hydrogens (tertiary/aromatic N) is 5. The highest BCUT2D eigenvalue weighted by molar-refractivity contribution is 6.33. The predicted octanol–water partition coefficient (Wildman–Crippen LogP) is 4.63. The van der Waals surface area contributed by atoms with Crippen molar-refractivity contribution in [3.05, 3.63) is 64.7 Å². The summed E-state index contributed by atoms with van der Waals surface area (Å²) in [4.78, 5) is 32.3. The smallest absolute Gasteiger partial charge is 0.364 e. The molecule has 1 aliphatic heterocycles. The van der Waals surface area contributed by atoms with Gasteiger partial charge in [-0.1, -0.05) is 11.6 Å². The molecule has 0 spiro atoms. The molecule has 176 valence electrons. The molecule has 1 amide bonds. The van der Waals surface area contributed by atoms with Crippen LogP contribution in [0.4, 0.5) is 19.0 Å². The number of halogens is 4. The lowest BCUT2D eigenvalue weighted by atomic mass is 10.0. The van der Waals surface area contributed by atoms with Crippen LogP contribution in [0.3, 0.4) is 0 Å². The second-order valence-electron chi connectivity index (χ2n) is 8.59. The highest BCUT2D eigenvalue weighted by Gasteiger charge is 2.47. The summed E-state index contributed by atoms with van der Waals surface area (Å²) >= 11 is 6.09. The number of pyridine rings is 2. The van der Waals surface area contributed by atoms with E-state index in [1.807, 2.05) is 6.92 Å². The number of fused-ring (bicyclic) bond motifs is 2. The summed E-state index contributed by atoms with van der Waals surface area (Å²) in [6.45, 7) is 2.43. The molecule has 2 bridgehead atoms. The van der Waals surface area contributed by atoms with Crippen molar-refractivity contribution in [2.45, 2.75) is 38.0 Å². The molecule has 5 rings (SSSR count). The number of nitrogens with one attached hydrogen (secondary N) is 1. The summed E-state index contributed by atoms with van der Waals surface area (Å²) in [7, 11) is 0. The van der Waals surface area contributed by atoms with E-state index < -0.39 is 11.7 Å². The van der Waals surface area contributed by atoms with Gasteiger partial charge in [0.15, 0.2) is 5.82 Å². The van der Waals surface area contributed by atoms with Gasteiger partial charge in [-0.15, -0.1) is 0 Å². The minimum absolute atomic E-state index is 0.110. The molecule has 34 heavy (non-hydrogen) atoms. The standard InChI is InChI=1S/C23H20ClF3N6O/c1-12-3-4-15(19(31-12)21-28-5-2-6-29-21)22(34)33-11-13-7-17(18(33)8-13)32-20-16(24)9-14(10-30-20)23(25,26)27/h2-6,9-10,13,17-18H,7-8,11H2,1H3,(H,30,32). The Hall–Kier alpha value is -3.27. The Bertz CT molecular complexity index is 1240. The van der Waals surface area contributed by atoms with Crippen LogP contribution >= 0.6 is 11.6 Å². The van der Waals surface area contributed by atoms with Gasteiger partial charge in [-0.05, 0) is 49.9 Å². The zero-order chi connectivity index (χ0) is 24.0. The Balaban J connectivity index is 1.39. The average Bonchev–Trinajstić information content (AvgIpc) is 3.40. The lowest BCUT2D eigenvalue weighted by molar-refractivity contribution is -0.137. The van der Waals surface area contributed by atoms with E-state index >= 15 is 0 Å². The van der Waals surface area contributed by atoms with Crippen LogP contribution in [0.2, 0.25) is 5.02 Å². The molecule has 4 heterocycles. The van der Waals surface area contributed by atoms with Gasteiger partial charge in [-0.25, -0.2) is 19.9 Å². The molecule has 3 aromatic rings. The third-order valence-electron chi connectivity index (χ3n) is 6.28. The second kappa shape index (κ2) is 8.50. The minimum atomic E-state index is -4.52. The Labute approximate surface area is 198 Å². The topological polar surface area (TPSA) is 83.9 Å². The first-order valence-corrected chi connectivity index (χ1v) is 11.1. The van der Waals surface area contributed by atoms with Crippen molar-refractivity contribution in [2.24, 2.45) is 5.92 Å². The first-order chi connectivity index (χ1) is 16.2. The van der Waals surface area contributed by atoms with Crippen LogP contribution in [0.25, 0.3) is 11.5 Å². The van der Waals surface area contributed by atoms with E-state index in [4.69, 9.17) is 11.6 Å². The Morgan fingerprint density at radius 2 is 1.94 bits per heavy atom. The van der Waals surface area contributed by atoms with Gasteiger partial charge >= 0.3 is 6.18 Å². The second-order valence-corrected chi connectivity index (χ2v) is 8.99. The Morgan fingerprint density at radius 1 is 1.18 bits per heavy atom. The van der Waals surface area contributed by atoms with Gasteiger partial charge in [0.05, 0.1) is 22.2 Å². The van der Waals surface area contributed by atoms with E-state index in [1.54, 1.807) is 35.5 Å². The largest absolute Gasteiger partial charge is 0.417 e. The fraction of sp³-hybridized carbons (Fsp3) is 0.348. The van der Waals surface area contributed by atoms with Gasteiger partial charge in [0, 0.05) is 36.9 Å². The monoisotopic (exact) mass is 488 g/mol. The van der Waals surface area contributed by atoms with E-state index in [0.29, 0.717) is 23.6 Å². The zero-order valence-electron chi connectivity index (χ0n) is 18.1. The molecule has 11 heteroatoms. The van der Waals surface area contributed by atoms with Crippen molar-refractivity contribution < 1.29 is 18.0 Å². The van der Waals surface area contributed by atoms with E-state index in [-0.39, 0.29) is 34.7 Å². The fourth-order valence-electron chi connectivity index (χ4n) is 4.76. The molecule has 1 aliphatic carbocycles. The summed E-state index contributed by atoms with van der Waals surface area (Å²) in [5.41, 5.74) is 0.666. The summed E-state index contributed by atoms with van der Waals surface area (Å²) in [5.74, 6) is 0.638. The molecule has 1 N–H and O–H groups in total. The van der Waals surface area contributed by atoms with Crippen molar-refractivity contribution in [3.63, 3.8) is 0 Å². The van der Waals surface area contributed by atoms with Crippen LogP contribution in [0.1, 0.15) is 34.5 Å². The van der Waals surface area contributed by atoms with E-state index in [1.165, 1.54) is 0 Å². The maximum Gasteiger partial charge on any atom is 0.417 e. The third kappa shape index (κ3) is 4.18. The van der Waals surface area contributed by atoms with Gasteiger partial charge in [0.1, 0.15) is 11.5 Å². The highest BCUT2D eigenvalue weighted by atomic mass is 35.5. The average molecular weight is 489 g/mol. The number of aromatic nitrogens is 4. The van der Waals surface area contributed by atoms with Crippen LogP contribution in [-0.4, -0.2) is 49.4 Å². The SMILES string of the molecule is Cc1ccc(C(=O)N2CC3CC(Nc4ncc(C(F)(F)F)cc4Cl)C2C3)c(-c2ncccn2)n1. The lowest BCUT2D eigenvalue weighted by Gasteiger charge is -2.34. The quantitative estimate of drug-likeness (QED) is 0.576. The number of likely N-dealkylation sites (tertiary alicyclic amines) is 1. The number of piperidine rings is 1. The first kappa shape index (κ1) is 22.5. The van der Waals surface area contributed by atoms with E-state index in [0.717, 1.165) is 30.8 Å². The number of alkyl halides is 3. The summed E-state index contributed by atoms with van der Waals surface area (Å²) in [5, 5.41) is 3.06. The van der Waals surface area contributed by atoms with Crippen molar-refractivity contribution in [3.8, 4) is 11.5 Å². The molecular formula is C23H20ClF3N6O. The summed E-state index contributed by atoms with van der Waals surface area (Å²) in [6.07, 6.45) is 0.992. The van der Waals surface area contributed by atoms with Gasteiger partial charge in [-0.3, -0.25) is 4.79 Å². The summed E-state index contributed by atoms with van der Waals surface area (Å²) in [6, 6.07) is 5.73. The number of hydrogen-bond acceptors (Lipinski definition) is 6. The van der Waals surface area contributed by atoms with Crippen LogP contribution < -0.4 is 5.32 Å². The number of carbonyl (C=O) groups is 1. The molecule has 0 aromatic carbocycles. The van der Waals surface area contributed by atoms with Gasteiger partial charge in [0.2, 0.25) is 0 Å². The molecule has 3 atom stereocenters. The maximum atomic E-state index is 13.6. The number of rotatable bonds is 4. The fourth-order valence-corrected chi connectivity index (χ4v) is 4.99. The molecule has 3 unspecified atom stereocenters. The van der Waals surface area contributed by atoms with Crippen LogP contribution in [0.5, 0.6) is 0 Å². The third-order valence-corrected chi connectivity index (χ3v) is 6.56. The van der Waals surface area contributed by atoms with Crippen molar-refractivity contribution >= 4 is 23.3 Å². The lowest BCUT2D eigenvalue weighted by Crippen LogP contribution is -2.48. The molecule has 2 aliphatic rings. The Kier molecular flexibility index (Phi) is 5.63. The molecule has 1 saturated heterocycles. The molecule has 7 nitrogen and oxygen atoms in total. The number of carbonyl (C=O) groups excluding carboxylic acids is 1. The van der Waals surface area contributed by atoms with Crippen molar-refractivity contribution in [1.82, 2.24) is 24.8 Å². The zero-order valence-corrected chi connectivity index (χ0v) is 18.8. The normalized spacial score (nSPS) is 21.7. The number of amides is 1. The molecular weight excluding hydrogens is 469 g/mol. The summed E-state index contributed by atoms with van der Waals surface area (Å²) < 4.78 is 38.8. The van der Waals surface area contributed by atoms with Crippen LogP contribution in [0, 0.1) is 12.8 Å². The van der Waals surface area contributed by atoms with Gasteiger partial charge in [0.25, 0.3) is 5.91 Å². The number of hydrogen-bond donors (Lipinski definition) is 1. The highest BCUT2D eigenvalue weighted by Crippen LogP contribution is 2.41. The first-order valence-electron chi connectivity index (χ1n) is 10.8. The minimum Gasteiger partial charge on any atom is -0.364 e. The number of aryl methyl sites for hydroxylation is 1. The van der Waals surface area contributed by atoms with Gasteiger partial charge < -0.3 is 10.2 Å². The van der Waals surface area contributed by atoms with Gasteiger partial charge in [-0.2, -0.15) is 13.2 Å². The van der Waals surface area contributed by atoms with Crippen molar-refractivity contribution in [1.29, 1.82) is 0 Å². The molecule has 3 aromatic heterocycles. The van der Waals surface area contributed by atoms with E-state index in [2.05, 4.69) is 25.3 Å². The predicted molar refractivity (Wildman–Crippen MR) is 119 cm³/mol. The van der Waals surface area contributed by atoms with Crippen LogP contribution in [-0.2, 0) is 6.18 Å². The number of anilines is 1. The maximum absolute atomic E-state index is 13.6. The Morgan fingerprint density at radius 3 is 2.62 bits per heavy atom. The van der Waals surface area contributed by atoms with Crippen LogP contribution in [0.15, 0.2) is 42.9 Å².